The maximum Gasteiger partial charge on any atom is 0.318 e. The number of carbonyl (C=O) groups is 1. The van der Waals surface area contributed by atoms with Gasteiger partial charge in [-0.3, -0.25) is 0 Å². The number of hydrogen-bond acceptors (Lipinski definition) is 4. The predicted molar refractivity (Wildman–Crippen MR) is 86.6 cm³/mol. The summed E-state index contributed by atoms with van der Waals surface area (Å²) in [5, 5.41) is 6.88. The first-order valence-electron chi connectivity index (χ1n) is 7.84. The van der Waals surface area contributed by atoms with Gasteiger partial charge in [0, 0.05) is 18.7 Å². The summed E-state index contributed by atoms with van der Waals surface area (Å²) in [6.07, 6.45) is 4.52. The molecule has 6 nitrogen and oxygen atoms in total. The first kappa shape index (κ1) is 15.3. The zero-order valence-corrected chi connectivity index (χ0v) is 12.9. The Morgan fingerprint density at radius 2 is 2.22 bits per heavy atom. The van der Waals surface area contributed by atoms with Crippen molar-refractivity contribution in [2.24, 2.45) is 0 Å². The molecular weight excluding hydrogens is 292 g/mol. The van der Waals surface area contributed by atoms with Crippen LogP contribution in [0.1, 0.15) is 31.2 Å². The van der Waals surface area contributed by atoms with Gasteiger partial charge < -0.3 is 14.7 Å². The fourth-order valence-corrected chi connectivity index (χ4v) is 2.77. The fraction of sp³-hybridized carbons (Fsp3) is 0.353. The number of likely N-dealkylation sites (tertiary alicyclic amines) is 1. The Hall–Kier alpha value is -2.63. The Bertz CT molecular complexity index is 668. The van der Waals surface area contributed by atoms with Gasteiger partial charge in [-0.15, -0.1) is 6.58 Å². The van der Waals surface area contributed by atoms with Gasteiger partial charge in [0.15, 0.2) is 0 Å². The summed E-state index contributed by atoms with van der Waals surface area (Å²) in [5.41, 5.74) is 0.904. The van der Waals surface area contributed by atoms with E-state index in [0.29, 0.717) is 24.8 Å². The number of nitrogens with zero attached hydrogens (tertiary/aromatic N) is 3. The van der Waals surface area contributed by atoms with Crippen LogP contribution in [0, 0.1) is 0 Å². The van der Waals surface area contributed by atoms with Crippen molar-refractivity contribution in [3.8, 4) is 11.4 Å². The van der Waals surface area contributed by atoms with Gasteiger partial charge in [0.2, 0.25) is 11.7 Å². The second-order valence-electron chi connectivity index (χ2n) is 5.50. The van der Waals surface area contributed by atoms with E-state index in [1.165, 1.54) is 0 Å². The molecule has 1 aromatic carbocycles. The van der Waals surface area contributed by atoms with Crippen LogP contribution in [-0.2, 0) is 0 Å². The van der Waals surface area contributed by atoms with Crippen molar-refractivity contribution in [2.45, 2.75) is 25.3 Å². The third-order valence-corrected chi connectivity index (χ3v) is 3.92. The standard InChI is InChI=1S/C17H20N4O2/c1-2-11-18-17(22)21-12-7-6-10-14(21)16-19-15(20-23-16)13-8-4-3-5-9-13/h2-5,8-9,14H,1,6-7,10-12H2,(H,18,22)/t14-/m0/s1. The molecule has 0 bridgehead atoms. The minimum Gasteiger partial charge on any atom is -0.337 e. The van der Waals surface area contributed by atoms with E-state index in [1.807, 2.05) is 30.3 Å². The number of nitrogens with one attached hydrogen (secondary N) is 1. The third-order valence-electron chi connectivity index (χ3n) is 3.92. The monoisotopic (exact) mass is 312 g/mol. The molecule has 1 saturated heterocycles. The highest BCUT2D eigenvalue weighted by Gasteiger charge is 2.32. The van der Waals surface area contributed by atoms with E-state index < -0.39 is 0 Å². The highest BCUT2D eigenvalue weighted by Crippen LogP contribution is 2.31. The maximum absolute atomic E-state index is 12.3. The van der Waals surface area contributed by atoms with Crippen LogP contribution in [0.3, 0.4) is 0 Å². The number of carbonyl (C=O) groups excluding carboxylic acids is 1. The minimum atomic E-state index is -0.168. The van der Waals surface area contributed by atoms with E-state index in [0.717, 1.165) is 24.8 Å². The summed E-state index contributed by atoms with van der Waals surface area (Å²) >= 11 is 0. The van der Waals surface area contributed by atoms with Crippen LogP contribution < -0.4 is 5.32 Å². The smallest absolute Gasteiger partial charge is 0.318 e. The van der Waals surface area contributed by atoms with E-state index >= 15 is 0 Å². The summed E-state index contributed by atoms with van der Waals surface area (Å²) < 4.78 is 5.44. The molecule has 2 heterocycles. The first-order chi connectivity index (χ1) is 11.3. The highest BCUT2D eigenvalue weighted by molar-refractivity contribution is 5.74. The predicted octanol–water partition coefficient (Wildman–Crippen LogP) is 3.16. The lowest BCUT2D eigenvalue weighted by atomic mass is 10.0. The molecule has 120 valence electrons. The topological polar surface area (TPSA) is 71.3 Å². The third kappa shape index (κ3) is 3.41. The number of hydrogen-bond donors (Lipinski definition) is 1. The van der Waals surface area contributed by atoms with Crippen LogP contribution in [-0.4, -0.2) is 34.2 Å². The molecule has 2 aromatic rings. The molecule has 0 radical (unpaired) electrons. The van der Waals surface area contributed by atoms with E-state index in [9.17, 15) is 4.79 Å². The first-order valence-corrected chi connectivity index (χ1v) is 7.84. The molecule has 1 aromatic heterocycles. The van der Waals surface area contributed by atoms with Gasteiger partial charge >= 0.3 is 6.03 Å². The van der Waals surface area contributed by atoms with Crippen molar-refractivity contribution < 1.29 is 9.32 Å². The summed E-state index contributed by atoms with van der Waals surface area (Å²) in [6, 6.07) is 9.39. The molecule has 0 unspecified atom stereocenters. The Kier molecular flexibility index (Phi) is 4.71. The van der Waals surface area contributed by atoms with Crippen LogP contribution >= 0.6 is 0 Å². The number of aromatic nitrogens is 2. The van der Waals surface area contributed by atoms with Gasteiger partial charge in [0.25, 0.3) is 0 Å². The van der Waals surface area contributed by atoms with Crippen LogP contribution in [0.15, 0.2) is 47.5 Å². The number of urea groups is 1. The summed E-state index contributed by atoms with van der Waals surface area (Å²) in [6.45, 7) is 4.75. The minimum absolute atomic E-state index is 0.117. The molecule has 23 heavy (non-hydrogen) atoms. The van der Waals surface area contributed by atoms with Crippen LogP contribution in [0.2, 0.25) is 0 Å². The Morgan fingerprint density at radius 3 is 3.00 bits per heavy atom. The van der Waals surface area contributed by atoms with Gasteiger partial charge in [-0.2, -0.15) is 4.98 Å². The molecule has 0 spiro atoms. The SMILES string of the molecule is C=CCNC(=O)N1CCCC[C@H]1c1nc(-c2ccccc2)no1. The molecule has 0 saturated carbocycles. The van der Waals surface area contributed by atoms with Crippen molar-refractivity contribution in [1.29, 1.82) is 0 Å². The molecule has 3 rings (SSSR count). The van der Waals surface area contributed by atoms with Crippen LogP contribution in [0.4, 0.5) is 4.79 Å². The molecule has 6 heteroatoms. The van der Waals surface area contributed by atoms with E-state index in [2.05, 4.69) is 22.0 Å². The Labute approximate surface area is 135 Å². The second kappa shape index (κ2) is 7.09. The fourth-order valence-electron chi connectivity index (χ4n) is 2.77. The number of rotatable bonds is 4. The quantitative estimate of drug-likeness (QED) is 0.880. The van der Waals surface area contributed by atoms with Gasteiger partial charge in [-0.25, -0.2) is 4.79 Å². The largest absolute Gasteiger partial charge is 0.337 e. The molecule has 0 aliphatic carbocycles. The van der Waals surface area contributed by atoms with Crippen molar-refractivity contribution >= 4 is 6.03 Å². The van der Waals surface area contributed by atoms with E-state index in [4.69, 9.17) is 4.52 Å². The number of benzene rings is 1. The second-order valence-corrected chi connectivity index (χ2v) is 5.50. The van der Waals surface area contributed by atoms with Crippen molar-refractivity contribution in [1.82, 2.24) is 20.4 Å². The van der Waals surface area contributed by atoms with Gasteiger partial charge in [-0.05, 0) is 19.3 Å². The van der Waals surface area contributed by atoms with Crippen molar-refractivity contribution in [2.75, 3.05) is 13.1 Å². The van der Waals surface area contributed by atoms with Gasteiger partial charge in [0.05, 0.1) is 0 Å². The van der Waals surface area contributed by atoms with Gasteiger partial charge in [0.1, 0.15) is 6.04 Å². The van der Waals surface area contributed by atoms with Crippen molar-refractivity contribution in [3.05, 3.63) is 48.9 Å². The number of amides is 2. The lowest BCUT2D eigenvalue weighted by Gasteiger charge is -2.33. The molecule has 1 aliphatic heterocycles. The van der Waals surface area contributed by atoms with E-state index in [-0.39, 0.29) is 12.1 Å². The molecule has 1 N–H and O–H groups in total. The average molecular weight is 312 g/mol. The maximum atomic E-state index is 12.3. The average Bonchev–Trinajstić information content (AvgIpc) is 3.10. The van der Waals surface area contributed by atoms with E-state index in [1.54, 1.807) is 11.0 Å². The van der Waals surface area contributed by atoms with Crippen molar-refractivity contribution in [3.63, 3.8) is 0 Å². The number of piperidine rings is 1. The molecule has 1 atom stereocenters. The summed E-state index contributed by atoms with van der Waals surface area (Å²) in [5.74, 6) is 1.05. The normalized spacial score (nSPS) is 17.7. The molecule has 1 fully saturated rings. The lowest BCUT2D eigenvalue weighted by molar-refractivity contribution is 0.133. The van der Waals surface area contributed by atoms with Gasteiger partial charge in [-0.1, -0.05) is 41.6 Å². The zero-order chi connectivity index (χ0) is 16.1. The molecular formula is C17H20N4O2. The zero-order valence-electron chi connectivity index (χ0n) is 12.9. The van der Waals surface area contributed by atoms with Crippen LogP contribution in [0.25, 0.3) is 11.4 Å². The Balaban J connectivity index is 1.79. The van der Waals surface area contributed by atoms with Crippen LogP contribution in [0.5, 0.6) is 0 Å². The lowest BCUT2D eigenvalue weighted by Crippen LogP contribution is -2.44. The summed E-state index contributed by atoms with van der Waals surface area (Å²) in [7, 11) is 0. The highest BCUT2D eigenvalue weighted by atomic mass is 16.5. The summed E-state index contributed by atoms with van der Waals surface area (Å²) in [4.78, 5) is 18.6. The Morgan fingerprint density at radius 1 is 1.39 bits per heavy atom. The molecule has 1 aliphatic rings. The molecule has 2 amide bonds.